The highest BCUT2D eigenvalue weighted by Gasteiger charge is 2.38. The zero-order valence-electron chi connectivity index (χ0n) is 9.06. The van der Waals surface area contributed by atoms with Crippen molar-refractivity contribution in [3.05, 3.63) is 35.9 Å². The van der Waals surface area contributed by atoms with Gasteiger partial charge in [-0.25, -0.2) is 0 Å². The first-order chi connectivity index (χ1) is 7.17. The smallest absolute Gasteiger partial charge is 0.316 e. The first-order valence-corrected chi connectivity index (χ1v) is 4.95. The molecule has 1 unspecified atom stereocenters. The molecule has 0 fully saturated rings. The van der Waals surface area contributed by atoms with Crippen LogP contribution in [0.15, 0.2) is 30.3 Å². The van der Waals surface area contributed by atoms with Gasteiger partial charge in [-0.15, -0.1) is 0 Å². The van der Waals surface area contributed by atoms with Crippen LogP contribution in [0, 0.1) is 0 Å². The molecule has 0 aliphatic carbocycles. The molecule has 0 aromatic heterocycles. The fourth-order valence-electron chi connectivity index (χ4n) is 1.73. The third-order valence-electron chi connectivity index (χ3n) is 2.73. The van der Waals surface area contributed by atoms with E-state index in [1.165, 1.54) is 7.11 Å². The highest BCUT2D eigenvalue weighted by Crippen LogP contribution is 2.28. The molecule has 3 heteroatoms. The summed E-state index contributed by atoms with van der Waals surface area (Å²) in [5, 5.41) is 9.33. The Morgan fingerprint density at radius 1 is 1.40 bits per heavy atom. The van der Waals surface area contributed by atoms with Crippen LogP contribution in [-0.2, 0) is 14.9 Å². The molecule has 0 radical (unpaired) electrons. The number of carbonyl (C=O) groups is 1. The fourth-order valence-corrected chi connectivity index (χ4v) is 1.73. The van der Waals surface area contributed by atoms with Gasteiger partial charge in [0.25, 0.3) is 0 Å². The number of carboxylic acids is 1. The summed E-state index contributed by atoms with van der Waals surface area (Å²) < 4.78 is 5.03. The van der Waals surface area contributed by atoms with Gasteiger partial charge in [0, 0.05) is 7.11 Å². The molecule has 1 atom stereocenters. The van der Waals surface area contributed by atoms with Crippen LogP contribution in [-0.4, -0.2) is 24.8 Å². The number of benzene rings is 1. The molecule has 1 rings (SSSR count). The first-order valence-electron chi connectivity index (χ1n) is 4.95. The van der Waals surface area contributed by atoms with E-state index in [0.29, 0.717) is 6.42 Å². The summed E-state index contributed by atoms with van der Waals surface area (Å²) in [4.78, 5) is 11.4. The number of methoxy groups -OCH3 is 1. The molecule has 0 heterocycles. The first kappa shape index (κ1) is 11.7. The van der Waals surface area contributed by atoms with Crippen molar-refractivity contribution in [2.75, 3.05) is 13.7 Å². The molecule has 0 amide bonds. The van der Waals surface area contributed by atoms with Crippen LogP contribution in [0.4, 0.5) is 0 Å². The normalized spacial score (nSPS) is 14.5. The second kappa shape index (κ2) is 4.94. The Labute approximate surface area is 89.7 Å². The van der Waals surface area contributed by atoms with Gasteiger partial charge in [0.1, 0.15) is 5.41 Å². The molecular weight excluding hydrogens is 192 g/mol. The van der Waals surface area contributed by atoms with Crippen LogP contribution in [0.1, 0.15) is 18.9 Å². The minimum Gasteiger partial charge on any atom is -0.481 e. The number of carboxylic acid groups (broad SMARTS) is 1. The number of hydrogen-bond acceptors (Lipinski definition) is 2. The highest BCUT2D eigenvalue weighted by atomic mass is 16.5. The average Bonchev–Trinajstić information content (AvgIpc) is 2.26. The Morgan fingerprint density at radius 3 is 2.40 bits per heavy atom. The Bertz CT molecular complexity index is 321. The second-order valence-electron chi connectivity index (χ2n) is 3.54. The van der Waals surface area contributed by atoms with Crippen molar-refractivity contribution in [2.24, 2.45) is 0 Å². The zero-order chi connectivity index (χ0) is 11.3. The average molecular weight is 208 g/mol. The minimum atomic E-state index is -0.921. The molecular formula is C12H16O3. The van der Waals surface area contributed by atoms with Crippen molar-refractivity contribution in [2.45, 2.75) is 18.8 Å². The maximum absolute atomic E-state index is 11.4. The van der Waals surface area contributed by atoms with Gasteiger partial charge in [0.2, 0.25) is 0 Å². The summed E-state index contributed by atoms with van der Waals surface area (Å²) in [6.45, 7) is 2.06. The standard InChI is InChI=1S/C12H16O3/c1-3-12(9-15-2,11(13)14)10-7-5-4-6-8-10/h4-8H,3,9H2,1-2H3,(H,13,14). The maximum atomic E-state index is 11.4. The van der Waals surface area contributed by atoms with Gasteiger partial charge in [-0.3, -0.25) is 4.79 Å². The Morgan fingerprint density at radius 2 is 2.00 bits per heavy atom. The van der Waals surface area contributed by atoms with Gasteiger partial charge in [0.05, 0.1) is 6.61 Å². The molecule has 3 nitrogen and oxygen atoms in total. The third-order valence-corrected chi connectivity index (χ3v) is 2.73. The van der Waals surface area contributed by atoms with E-state index >= 15 is 0 Å². The molecule has 1 aromatic rings. The fraction of sp³-hybridized carbons (Fsp3) is 0.417. The van der Waals surface area contributed by atoms with Crippen LogP contribution in [0.5, 0.6) is 0 Å². The Balaban J connectivity index is 3.15. The summed E-state index contributed by atoms with van der Waals surface area (Å²) in [6.07, 6.45) is 0.514. The summed E-state index contributed by atoms with van der Waals surface area (Å²) in [6, 6.07) is 9.22. The van der Waals surface area contributed by atoms with Crippen LogP contribution in [0.3, 0.4) is 0 Å². The number of aliphatic carboxylic acids is 1. The van der Waals surface area contributed by atoms with Crippen LogP contribution in [0.2, 0.25) is 0 Å². The van der Waals surface area contributed by atoms with Gasteiger partial charge in [-0.1, -0.05) is 37.3 Å². The van der Waals surface area contributed by atoms with Crippen molar-refractivity contribution >= 4 is 5.97 Å². The summed E-state index contributed by atoms with van der Waals surface area (Å²) >= 11 is 0. The predicted octanol–water partition coefficient (Wildman–Crippen LogP) is 2.07. The van der Waals surface area contributed by atoms with Crippen LogP contribution < -0.4 is 0 Å². The Kier molecular flexibility index (Phi) is 3.86. The van der Waals surface area contributed by atoms with E-state index in [0.717, 1.165) is 5.56 Å². The monoisotopic (exact) mass is 208 g/mol. The largest absolute Gasteiger partial charge is 0.481 e. The van der Waals surface area contributed by atoms with E-state index < -0.39 is 11.4 Å². The molecule has 1 aromatic carbocycles. The zero-order valence-corrected chi connectivity index (χ0v) is 9.06. The van der Waals surface area contributed by atoms with Crippen molar-refractivity contribution < 1.29 is 14.6 Å². The van der Waals surface area contributed by atoms with E-state index in [4.69, 9.17) is 4.74 Å². The summed E-state index contributed by atoms with van der Waals surface area (Å²) in [7, 11) is 1.52. The van der Waals surface area contributed by atoms with E-state index in [2.05, 4.69) is 0 Å². The van der Waals surface area contributed by atoms with Crippen molar-refractivity contribution in [3.63, 3.8) is 0 Å². The molecule has 82 valence electrons. The van der Waals surface area contributed by atoms with Crippen molar-refractivity contribution in [3.8, 4) is 0 Å². The minimum absolute atomic E-state index is 0.197. The van der Waals surface area contributed by atoms with E-state index in [9.17, 15) is 9.90 Å². The lowest BCUT2D eigenvalue weighted by molar-refractivity contribution is -0.146. The highest BCUT2D eigenvalue weighted by molar-refractivity contribution is 5.81. The number of hydrogen-bond donors (Lipinski definition) is 1. The molecule has 0 saturated carbocycles. The molecule has 0 aliphatic heterocycles. The van der Waals surface area contributed by atoms with Crippen molar-refractivity contribution in [1.29, 1.82) is 0 Å². The molecule has 1 N–H and O–H groups in total. The molecule has 0 spiro atoms. The van der Waals surface area contributed by atoms with E-state index in [-0.39, 0.29) is 6.61 Å². The van der Waals surface area contributed by atoms with E-state index in [1.54, 1.807) is 0 Å². The van der Waals surface area contributed by atoms with Crippen molar-refractivity contribution in [1.82, 2.24) is 0 Å². The van der Waals surface area contributed by atoms with Gasteiger partial charge < -0.3 is 9.84 Å². The van der Waals surface area contributed by atoms with Gasteiger partial charge in [0.15, 0.2) is 0 Å². The maximum Gasteiger partial charge on any atom is 0.316 e. The van der Waals surface area contributed by atoms with Crippen LogP contribution >= 0.6 is 0 Å². The molecule has 0 saturated heterocycles. The van der Waals surface area contributed by atoms with Gasteiger partial charge in [-0.05, 0) is 12.0 Å². The summed E-state index contributed by atoms with van der Waals surface area (Å²) in [5.41, 5.74) is -0.127. The number of ether oxygens (including phenoxy) is 1. The summed E-state index contributed by atoms with van der Waals surface area (Å²) in [5.74, 6) is -0.835. The lowest BCUT2D eigenvalue weighted by Crippen LogP contribution is -2.39. The molecule has 0 aliphatic rings. The Hall–Kier alpha value is -1.35. The van der Waals surface area contributed by atoms with Gasteiger partial charge >= 0.3 is 5.97 Å². The molecule has 0 bridgehead atoms. The second-order valence-corrected chi connectivity index (χ2v) is 3.54. The van der Waals surface area contributed by atoms with Crippen LogP contribution in [0.25, 0.3) is 0 Å². The lowest BCUT2D eigenvalue weighted by atomic mass is 9.79. The van der Waals surface area contributed by atoms with Gasteiger partial charge in [-0.2, -0.15) is 0 Å². The lowest BCUT2D eigenvalue weighted by Gasteiger charge is -2.27. The quantitative estimate of drug-likeness (QED) is 0.805. The van der Waals surface area contributed by atoms with E-state index in [1.807, 2.05) is 37.3 Å². The third kappa shape index (κ3) is 2.18. The predicted molar refractivity (Wildman–Crippen MR) is 57.9 cm³/mol. The topological polar surface area (TPSA) is 46.5 Å². The SMILES string of the molecule is CCC(COC)(C(=O)O)c1ccccc1. The molecule has 15 heavy (non-hydrogen) atoms. The number of rotatable bonds is 5.